The molecule has 0 radical (unpaired) electrons. The van der Waals surface area contributed by atoms with E-state index in [-0.39, 0.29) is 6.04 Å². The highest BCUT2D eigenvalue weighted by atomic mass is 32.1. The van der Waals surface area contributed by atoms with Gasteiger partial charge in [-0.2, -0.15) is 17.9 Å². The van der Waals surface area contributed by atoms with Crippen LogP contribution in [0, 0.1) is 17.2 Å². The van der Waals surface area contributed by atoms with Crippen LogP contribution >= 0.6 is 12.6 Å². The van der Waals surface area contributed by atoms with E-state index in [0.717, 1.165) is 60.6 Å². The number of nitriles is 1. The molecule has 34 heavy (non-hydrogen) atoms. The fourth-order valence-corrected chi connectivity index (χ4v) is 5.57. The second-order valence-corrected chi connectivity index (χ2v) is 10.7. The number of fused-ring (bicyclic) bond motifs is 1. The largest absolute Gasteiger partial charge is 0.361 e. The number of hydrogen-bond donors (Lipinski definition) is 2. The molecule has 0 amide bonds. The minimum atomic E-state index is 0.0885. The van der Waals surface area contributed by atoms with E-state index in [0.29, 0.717) is 17.7 Å². The van der Waals surface area contributed by atoms with Crippen LogP contribution in [0.25, 0.3) is 10.8 Å². The molecule has 0 aliphatic carbocycles. The molecule has 2 atom stereocenters. The standard InChI is InChI=1S/C29H32N4S/c1-19(2)13-20-7-8-21(14-23(20)15-30)28-16-31-29(32-28)27-10-9-22(17-33-12-11-24(34)18-33)25-5-3-4-6-26(25)27/h3-10,14,19,24,28,34H,11-13,16-18H2,1-2H3,(H,31,32). The second-order valence-electron chi connectivity index (χ2n) is 10.0. The van der Waals surface area contributed by atoms with Crippen molar-refractivity contribution in [3.05, 3.63) is 82.4 Å². The van der Waals surface area contributed by atoms with Gasteiger partial charge in [-0.3, -0.25) is 9.89 Å². The molecule has 0 spiro atoms. The summed E-state index contributed by atoms with van der Waals surface area (Å²) < 4.78 is 0. The molecule has 1 N–H and O–H groups in total. The van der Waals surface area contributed by atoms with Gasteiger partial charge in [0.25, 0.3) is 0 Å². The lowest BCUT2D eigenvalue weighted by molar-refractivity contribution is 0.333. The first-order valence-electron chi connectivity index (χ1n) is 12.3. The van der Waals surface area contributed by atoms with Crippen molar-refractivity contribution in [3.63, 3.8) is 0 Å². The summed E-state index contributed by atoms with van der Waals surface area (Å²) in [5.41, 5.74) is 5.54. The van der Waals surface area contributed by atoms with E-state index in [4.69, 9.17) is 4.99 Å². The van der Waals surface area contributed by atoms with Gasteiger partial charge in [0.15, 0.2) is 0 Å². The van der Waals surface area contributed by atoms with Gasteiger partial charge in [-0.1, -0.05) is 62.4 Å². The SMILES string of the molecule is CC(C)Cc1ccc(C2CN=C(c3ccc(CN4CCC(S)C4)c4ccccc34)N2)cc1C#N. The van der Waals surface area contributed by atoms with Gasteiger partial charge in [0, 0.05) is 23.9 Å². The van der Waals surface area contributed by atoms with Crippen LogP contribution in [0.1, 0.15) is 54.1 Å². The lowest BCUT2D eigenvalue weighted by atomic mass is 9.94. The minimum Gasteiger partial charge on any atom is -0.361 e. The second kappa shape index (κ2) is 9.82. The third-order valence-electron chi connectivity index (χ3n) is 6.94. The molecule has 3 aromatic rings. The molecule has 3 aromatic carbocycles. The lowest BCUT2D eigenvalue weighted by Gasteiger charge is -2.19. The first-order valence-corrected chi connectivity index (χ1v) is 12.8. The molecule has 2 aliphatic rings. The lowest BCUT2D eigenvalue weighted by Crippen LogP contribution is -2.24. The van der Waals surface area contributed by atoms with Crippen LogP contribution in [0.4, 0.5) is 0 Å². The maximum absolute atomic E-state index is 9.68. The highest BCUT2D eigenvalue weighted by molar-refractivity contribution is 7.81. The minimum absolute atomic E-state index is 0.0885. The molecule has 5 heteroatoms. The number of thiol groups is 1. The fourth-order valence-electron chi connectivity index (χ4n) is 5.23. The average molecular weight is 469 g/mol. The highest BCUT2D eigenvalue weighted by Gasteiger charge is 2.24. The smallest absolute Gasteiger partial charge is 0.129 e. The Hall–Kier alpha value is -2.81. The molecule has 0 bridgehead atoms. The van der Waals surface area contributed by atoms with Crippen LogP contribution in [0.5, 0.6) is 0 Å². The quantitative estimate of drug-likeness (QED) is 0.469. The van der Waals surface area contributed by atoms with E-state index in [1.807, 2.05) is 6.07 Å². The molecule has 0 aromatic heterocycles. The molecule has 174 valence electrons. The van der Waals surface area contributed by atoms with E-state index in [1.165, 1.54) is 16.3 Å². The first kappa shape index (κ1) is 23.0. The Morgan fingerprint density at radius 3 is 2.65 bits per heavy atom. The van der Waals surface area contributed by atoms with Crippen molar-refractivity contribution < 1.29 is 0 Å². The summed E-state index contributed by atoms with van der Waals surface area (Å²) in [7, 11) is 0. The summed E-state index contributed by atoms with van der Waals surface area (Å²) in [6, 6.07) is 21.9. The number of rotatable bonds is 6. The molecule has 0 saturated carbocycles. The number of hydrogen-bond acceptors (Lipinski definition) is 5. The molecule has 5 rings (SSSR count). The maximum atomic E-state index is 9.68. The third kappa shape index (κ3) is 4.71. The van der Waals surface area contributed by atoms with Gasteiger partial charge in [0.1, 0.15) is 5.84 Å². The van der Waals surface area contributed by atoms with Crippen molar-refractivity contribution in [2.45, 2.75) is 44.5 Å². The van der Waals surface area contributed by atoms with Crippen LogP contribution in [0.15, 0.2) is 59.6 Å². The number of benzene rings is 3. The van der Waals surface area contributed by atoms with Crippen molar-refractivity contribution in [2.75, 3.05) is 19.6 Å². The normalized spacial score (nSPS) is 20.5. The average Bonchev–Trinajstić information content (AvgIpc) is 3.48. The Morgan fingerprint density at radius 2 is 1.91 bits per heavy atom. The Labute approximate surface area is 208 Å². The Kier molecular flexibility index (Phi) is 6.63. The molecule has 2 aliphatic heterocycles. The number of likely N-dealkylation sites (tertiary alicyclic amines) is 1. The molecule has 2 heterocycles. The summed E-state index contributed by atoms with van der Waals surface area (Å²) in [6.45, 7) is 8.17. The molecule has 4 nitrogen and oxygen atoms in total. The van der Waals surface area contributed by atoms with E-state index in [9.17, 15) is 5.26 Å². The van der Waals surface area contributed by atoms with E-state index >= 15 is 0 Å². The third-order valence-corrected chi connectivity index (χ3v) is 7.36. The van der Waals surface area contributed by atoms with Gasteiger partial charge in [-0.05, 0) is 58.8 Å². The Morgan fingerprint density at radius 1 is 1.12 bits per heavy atom. The number of nitrogens with one attached hydrogen (secondary N) is 1. The summed E-state index contributed by atoms with van der Waals surface area (Å²) in [5, 5.41) is 16.3. The van der Waals surface area contributed by atoms with Crippen LogP contribution in [0.2, 0.25) is 0 Å². The monoisotopic (exact) mass is 468 g/mol. The zero-order valence-corrected chi connectivity index (χ0v) is 20.9. The molecular formula is C29H32N4S. The Bertz CT molecular complexity index is 1270. The predicted octanol–water partition coefficient (Wildman–Crippen LogP) is 5.51. The highest BCUT2D eigenvalue weighted by Crippen LogP contribution is 2.29. The summed E-state index contributed by atoms with van der Waals surface area (Å²) >= 11 is 4.65. The van der Waals surface area contributed by atoms with Crippen molar-refractivity contribution in [3.8, 4) is 6.07 Å². The van der Waals surface area contributed by atoms with Crippen molar-refractivity contribution in [2.24, 2.45) is 10.9 Å². The number of aliphatic imine (C=N–C) groups is 1. The van der Waals surface area contributed by atoms with Gasteiger partial charge in [-0.25, -0.2) is 0 Å². The fraction of sp³-hybridized carbons (Fsp3) is 0.379. The van der Waals surface area contributed by atoms with E-state index in [2.05, 4.69) is 91.3 Å². The summed E-state index contributed by atoms with van der Waals surface area (Å²) in [5.74, 6) is 1.47. The topological polar surface area (TPSA) is 51.4 Å². The van der Waals surface area contributed by atoms with Crippen molar-refractivity contribution in [1.29, 1.82) is 5.26 Å². The zero-order chi connectivity index (χ0) is 23.7. The predicted molar refractivity (Wildman–Crippen MR) is 144 cm³/mol. The molecule has 1 fully saturated rings. The Balaban J connectivity index is 1.38. The maximum Gasteiger partial charge on any atom is 0.129 e. The zero-order valence-electron chi connectivity index (χ0n) is 20.0. The summed E-state index contributed by atoms with van der Waals surface area (Å²) in [6.07, 6.45) is 2.08. The van der Waals surface area contributed by atoms with Gasteiger partial charge >= 0.3 is 0 Å². The number of amidine groups is 1. The van der Waals surface area contributed by atoms with Crippen LogP contribution in [0.3, 0.4) is 0 Å². The van der Waals surface area contributed by atoms with Gasteiger partial charge in [0.05, 0.1) is 24.2 Å². The molecular weight excluding hydrogens is 436 g/mol. The van der Waals surface area contributed by atoms with Crippen molar-refractivity contribution >= 4 is 29.2 Å². The molecule has 2 unspecified atom stereocenters. The van der Waals surface area contributed by atoms with Crippen LogP contribution in [-0.4, -0.2) is 35.6 Å². The van der Waals surface area contributed by atoms with E-state index < -0.39 is 0 Å². The summed E-state index contributed by atoms with van der Waals surface area (Å²) in [4.78, 5) is 7.38. The van der Waals surface area contributed by atoms with Gasteiger partial charge in [-0.15, -0.1) is 0 Å². The van der Waals surface area contributed by atoms with Gasteiger partial charge < -0.3 is 5.32 Å². The van der Waals surface area contributed by atoms with E-state index in [1.54, 1.807) is 0 Å². The van der Waals surface area contributed by atoms with Gasteiger partial charge in [0.2, 0.25) is 0 Å². The van der Waals surface area contributed by atoms with Crippen LogP contribution in [-0.2, 0) is 13.0 Å². The van der Waals surface area contributed by atoms with Crippen molar-refractivity contribution in [1.82, 2.24) is 10.2 Å². The van der Waals surface area contributed by atoms with Crippen LogP contribution < -0.4 is 5.32 Å². The number of nitrogens with zero attached hydrogens (tertiary/aromatic N) is 3. The first-order chi connectivity index (χ1) is 16.5. The molecule has 1 saturated heterocycles.